The highest BCUT2D eigenvalue weighted by atomic mass is 35.5. The summed E-state index contributed by atoms with van der Waals surface area (Å²) in [5.41, 5.74) is 0. The van der Waals surface area contributed by atoms with Gasteiger partial charge < -0.3 is 4.74 Å². The summed E-state index contributed by atoms with van der Waals surface area (Å²) in [4.78, 5) is 31.8. The number of carbonyl (C=O) groups excluding carboxylic acids is 3. The molecule has 0 aromatic heterocycles. The molecule has 0 bridgehead atoms. The van der Waals surface area contributed by atoms with Crippen LogP contribution in [0.25, 0.3) is 0 Å². The second-order valence-corrected chi connectivity index (χ2v) is 1.95. The molecule has 11 heavy (non-hydrogen) atoms. The molecule has 0 atom stereocenters. The number of methoxy groups -OCH3 is 1. The van der Waals surface area contributed by atoms with Crippen molar-refractivity contribution in [3.05, 3.63) is 0 Å². The van der Waals surface area contributed by atoms with E-state index in [1.54, 1.807) is 0 Å². The summed E-state index contributed by atoms with van der Waals surface area (Å²) in [5.74, 6) is -1.11. The number of imide groups is 1. The van der Waals surface area contributed by atoms with Crippen LogP contribution in [0.3, 0.4) is 0 Å². The SMILES string of the molecule is COC(=O)N(C)C(=O)C(=O)Cl. The Hall–Kier alpha value is -1.10. The molecule has 0 radical (unpaired) electrons. The van der Waals surface area contributed by atoms with Gasteiger partial charge in [-0.2, -0.15) is 0 Å². The summed E-state index contributed by atoms with van der Waals surface area (Å²) in [6, 6.07) is 0. The Morgan fingerprint density at radius 1 is 1.36 bits per heavy atom. The van der Waals surface area contributed by atoms with Gasteiger partial charge in [0.1, 0.15) is 0 Å². The standard InChI is InChI=1S/C5H6ClNO4/c1-7(5(10)11-2)4(9)3(6)8/h1-2H3. The molecule has 0 rings (SSSR count). The van der Waals surface area contributed by atoms with E-state index in [0.717, 1.165) is 14.2 Å². The first-order valence-electron chi connectivity index (χ1n) is 2.56. The molecular formula is C5H6ClNO4. The molecule has 0 aromatic carbocycles. The van der Waals surface area contributed by atoms with Crippen molar-refractivity contribution in [1.29, 1.82) is 0 Å². The van der Waals surface area contributed by atoms with Gasteiger partial charge >= 0.3 is 17.2 Å². The minimum absolute atomic E-state index is 0.481. The Bertz CT molecular complexity index is 203. The third-order valence-electron chi connectivity index (χ3n) is 0.921. The van der Waals surface area contributed by atoms with E-state index in [1.807, 2.05) is 0 Å². The lowest BCUT2D eigenvalue weighted by Crippen LogP contribution is -2.36. The smallest absolute Gasteiger partial charge is 0.416 e. The van der Waals surface area contributed by atoms with Crippen molar-refractivity contribution >= 4 is 28.8 Å². The van der Waals surface area contributed by atoms with Gasteiger partial charge in [0.25, 0.3) is 0 Å². The highest BCUT2D eigenvalue weighted by molar-refractivity contribution is 6.81. The number of rotatable bonds is 1. The quantitative estimate of drug-likeness (QED) is 0.419. The van der Waals surface area contributed by atoms with Gasteiger partial charge in [-0.25, -0.2) is 9.69 Å². The van der Waals surface area contributed by atoms with Crippen LogP contribution >= 0.6 is 11.6 Å². The van der Waals surface area contributed by atoms with E-state index < -0.39 is 17.2 Å². The number of halogens is 1. The highest BCUT2D eigenvalue weighted by Gasteiger charge is 2.22. The van der Waals surface area contributed by atoms with Gasteiger partial charge in [-0.3, -0.25) is 9.59 Å². The largest absolute Gasteiger partial charge is 0.452 e. The molecule has 0 saturated heterocycles. The van der Waals surface area contributed by atoms with Gasteiger partial charge in [0, 0.05) is 7.05 Å². The lowest BCUT2D eigenvalue weighted by Gasteiger charge is -2.09. The summed E-state index contributed by atoms with van der Waals surface area (Å²) in [5, 5.41) is -1.22. The number of ether oxygens (including phenoxy) is 1. The normalized spacial score (nSPS) is 8.64. The maximum Gasteiger partial charge on any atom is 0.416 e. The number of carbonyl (C=O) groups is 3. The Kier molecular flexibility index (Phi) is 3.53. The second-order valence-electron chi connectivity index (χ2n) is 1.61. The lowest BCUT2D eigenvalue weighted by atomic mass is 10.6. The van der Waals surface area contributed by atoms with Crippen molar-refractivity contribution in [2.75, 3.05) is 14.2 Å². The van der Waals surface area contributed by atoms with Gasteiger partial charge in [0.15, 0.2) is 0 Å². The zero-order valence-electron chi connectivity index (χ0n) is 5.96. The summed E-state index contributed by atoms with van der Waals surface area (Å²) < 4.78 is 4.14. The van der Waals surface area contributed by atoms with Crippen LogP contribution in [0.1, 0.15) is 0 Å². The molecule has 5 nitrogen and oxygen atoms in total. The monoisotopic (exact) mass is 179 g/mol. The fourth-order valence-corrected chi connectivity index (χ4v) is 0.478. The van der Waals surface area contributed by atoms with Crippen molar-refractivity contribution in [2.45, 2.75) is 0 Å². The predicted molar refractivity (Wildman–Crippen MR) is 36.0 cm³/mol. The van der Waals surface area contributed by atoms with E-state index >= 15 is 0 Å². The van der Waals surface area contributed by atoms with E-state index in [-0.39, 0.29) is 0 Å². The molecule has 0 aliphatic carbocycles. The van der Waals surface area contributed by atoms with Crippen LogP contribution in [0.4, 0.5) is 4.79 Å². The van der Waals surface area contributed by atoms with Crippen molar-refractivity contribution in [3.8, 4) is 0 Å². The van der Waals surface area contributed by atoms with Crippen molar-refractivity contribution in [3.63, 3.8) is 0 Å². The van der Waals surface area contributed by atoms with E-state index in [1.165, 1.54) is 0 Å². The highest BCUT2D eigenvalue weighted by Crippen LogP contribution is 1.92. The van der Waals surface area contributed by atoms with Crippen LogP contribution in [-0.2, 0) is 14.3 Å². The third kappa shape index (κ3) is 2.55. The molecule has 0 aliphatic heterocycles. The maximum absolute atomic E-state index is 10.6. The first-order valence-corrected chi connectivity index (χ1v) is 2.94. The Morgan fingerprint density at radius 2 is 1.82 bits per heavy atom. The fraction of sp³-hybridized carbons (Fsp3) is 0.400. The summed E-state index contributed by atoms with van der Waals surface area (Å²) >= 11 is 4.79. The van der Waals surface area contributed by atoms with Crippen molar-refractivity contribution in [1.82, 2.24) is 4.90 Å². The van der Waals surface area contributed by atoms with Crippen LogP contribution in [0.2, 0.25) is 0 Å². The molecule has 62 valence electrons. The number of nitrogens with zero attached hydrogens (tertiary/aromatic N) is 1. The molecule has 0 saturated carbocycles. The molecule has 0 N–H and O–H groups in total. The van der Waals surface area contributed by atoms with Gasteiger partial charge in [0.05, 0.1) is 7.11 Å². The second kappa shape index (κ2) is 3.92. The summed E-state index contributed by atoms with van der Waals surface area (Å²) in [6.45, 7) is 0. The number of likely N-dealkylation sites (N-methyl/N-ethyl adjacent to an activating group) is 1. The zero-order valence-corrected chi connectivity index (χ0v) is 6.71. The molecule has 0 fully saturated rings. The topological polar surface area (TPSA) is 63.7 Å². The van der Waals surface area contributed by atoms with E-state index in [9.17, 15) is 14.4 Å². The minimum atomic E-state index is -1.22. The first kappa shape index (κ1) is 9.90. The Morgan fingerprint density at radius 3 is 2.09 bits per heavy atom. The first-order chi connectivity index (χ1) is 5.00. The average molecular weight is 180 g/mol. The predicted octanol–water partition coefficient (Wildman–Crippen LogP) is -0.0234. The van der Waals surface area contributed by atoms with Crippen LogP contribution in [0.5, 0.6) is 0 Å². The number of amides is 2. The fourth-order valence-electron chi connectivity index (χ4n) is 0.352. The van der Waals surface area contributed by atoms with Gasteiger partial charge in [-0.05, 0) is 11.6 Å². The number of hydrogen-bond donors (Lipinski definition) is 0. The van der Waals surface area contributed by atoms with Crippen LogP contribution < -0.4 is 0 Å². The maximum atomic E-state index is 10.6. The molecule has 0 unspecified atom stereocenters. The molecular weight excluding hydrogens is 174 g/mol. The summed E-state index contributed by atoms with van der Waals surface area (Å²) in [6.07, 6.45) is -0.927. The van der Waals surface area contributed by atoms with E-state index in [2.05, 4.69) is 4.74 Å². The lowest BCUT2D eigenvalue weighted by molar-refractivity contribution is -0.138. The molecule has 0 aromatic rings. The Labute approximate surface area is 67.9 Å². The Balaban J connectivity index is 4.25. The average Bonchev–Trinajstić information content (AvgIpc) is 2.00. The van der Waals surface area contributed by atoms with Crippen LogP contribution in [-0.4, -0.2) is 36.3 Å². The van der Waals surface area contributed by atoms with Gasteiger partial charge in [-0.1, -0.05) is 0 Å². The van der Waals surface area contributed by atoms with Crippen molar-refractivity contribution in [2.24, 2.45) is 0 Å². The van der Waals surface area contributed by atoms with E-state index in [0.29, 0.717) is 4.90 Å². The molecule has 0 spiro atoms. The number of hydrogen-bond acceptors (Lipinski definition) is 4. The van der Waals surface area contributed by atoms with E-state index in [4.69, 9.17) is 11.6 Å². The van der Waals surface area contributed by atoms with Crippen molar-refractivity contribution < 1.29 is 19.1 Å². The van der Waals surface area contributed by atoms with Gasteiger partial charge in [-0.15, -0.1) is 0 Å². The molecule has 0 heterocycles. The van der Waals surface area contributed by atoms with Gasteiger partial charge in [0.2, 0.25) is 0 Å². The molecule has 6 heteroatoms. The van der Waals surface area contributed by atoms with Crippen LogP contribution in [0, 0.1) is 0 Å². The van der Waals surface area contributed by atoms with Crippen LogP contribution in [0.15, 0.2) is 0 Å². The minimum Gasteiger partial charge on any atom is -0.452 e. The zero-order chi connectivity index (χ0) is 9.02. The third-order valence-corrected chi connectivity index (χ3v) is 1.08. The summed E-state index contributed by atoms with van der Waals surface area (Å²) in [7, 11) is 2.18. The molecule has 0 aliphatic rings. The molecule has 2 amide bonds.